The number of hydrazone groups is 1. The fourth-order valence-corrected chi connectivity index (χ4v) is 5.30. The van der Waals surface area contributed by atoms with Crippen LogP contribution in [-0.4, -0.2) is 26.6 Å². The van der Waals surface area contributed by atoms with Crippen LogP contribution in [0.5, 0.6) is 0 Å². The van der Waals surface area contributed by atoms with Crippen molar-refractivity contribution in [3.05, 3.63) is 40.8 Å². The molecule has 0 aromatic heterocycles. The highest BCUT2D eigenvalue weighted by molar-refractivity contribution is 7.92. The zero-order chi connectivity index (χ0) is 21.3. The maximum Gasteiger partial charge on any atom is 0.241 e. The first-order chi connectivity index (χ1) is 13.5. The van der Waals surface area contributed by atoms with Crippen molar-refractivity contribution in [1.82, 2.24) is 10.1 Å². The number of fused-ring (bicyclic) bond motifs is 2. The number of rotatable bonds is 7. The molecule has 7 heteroatoms. The molecular formula is C22H31N3O3S. The second-order valence-electron chi connectivity index (χ2n) is 8.99. The number of carbonyl (C=O) groups is 1. The van der Waals surface area contributed by atoms with Gasteiger partial charge in [-0.05, 0) is 49.2 Å². The molecule has 2 fully saturated rings. The summed E-state index contributed by atoms with van der Waals surface area (Å²) in [6.45, 7) is 8.81. The van der Waals surface area contributed by atoms with Crippen molar-refractivity contribution in [2.45, 2.75) is 53.4 Å². The highest BCUT2D eigenvalue weighted by Crippen LogP contribution is 2.63. The van der Waals surface area contributed by atoms with E-state index in [0.29, 0.717) is 5.92 Å². The van der Waals surface area contributed by atoms with Gasteiger partial charge in [-0.3, -0.25) is 4.79 Å². The highest BCUT2D eigenvalue weighted by atomic mass is 32.2. The Bertz CT molecular complexity index is 933. The molecule has 2 atom stereocenters. The summed E-state index contributed by atoms with van der Waals surface area (Å²) in [5, 5.41) is 5.52. The topological polar surface area (TPSA) is 87.6 Å². The van der Waals surface area contributed by atoms with Crippen molar-refractivity contribution >= 4 is 27.7 Å². The summed E-state index contributed by atoms with van der Waals surface area (Å²) >= 11 is 0. The molecule has 2 aliphatic carbocycles. The van der Waals surface area contributed by atoms with Gasteiger partial charge >= 0.3 is 0 Å². The van der Waals surface area contributed by atoms with E-state index in [4.69, 9.17) is 0 Å². The van der Waals surface area contributed by atoms with Crippen molar-refractivity contribution in [1.29, 1.82) is 0 Å². The average Bonchev–Trinajstić information content (AvgIpc) is 2.99. The molecule has 0 heterocycles. The Labute approximate surface area is 173 Å². The zero-order valence-electron chi connectivity index (χ0n) is 17.7. The van der Waals surface area contributed by atoms with Crippen LogP contribution in [0.15, 0.2) is 34.8 Å². The van der Waals surface area contributed by atoms with Crippen LogP contribution in [0.25, 0.3) is 6.08 Å². The quantitative estimate of drug-likeness (QED) is 0.665. The summed E-state index contributed by atoms with van der Waals surface area (Å²) in [5.74, 6) is 0.335. The average molecular weight is 418 g/mol. The first-order valence-corrected chi connectivity index (χ1v) is 11.7. The van der Waals surface area contributed by atoms with E-state index in [1.165, 1.54) is 12.5 Å². The Morgan fingerprint density at radius 1 is 1.24 bits per heavy atom. The molecule has 2 aliphatic rings. The number of hydrogen-bond acceptors (Lipinski definition) is 4. The molecule has 0 saturated heterocycles. The summed E-state index contributed by atoms with van der Waals surface area (Å²) in [5.41, 5.74) is 5.84. The van der Waals surface area contributed by atoms with Crippen LogP contribution < -0.4 is 10.1 Å². The van der Waals surface area contributed by atoms with Crippen LogP contribution in [0, 0.1) is 23.7 Å². The van der Waals surface area contributed by atoms with E-state index in [-0.39, 0.29) is 29.7 Å². The fraction of sp³-hybridized carbons (Fsp3) is 0.545. The van der Waals surface area contributed by atoms with E-state index in [9.17, 15) is 13.2 Å². The normalized spacial score (nSPS) is 27.0. The van der Waals surface area contributed by atoms with Crippen LogP contribution in [0.2, 0.25) is 0 Å². The number of hydrogen-bond donors (Lipinski definition) is 2. The summed E-state index contributed by atoms with van der Waals surface area (Å²) < 4.78 is 26.5. The van der Waals surface area contributed by atoms with Gasteiger partial charge in [0.15, 0.2) is 0 Å². The summed E-state index contributed by atoms with van der Waals surface area (Å²) in [7, 11) is -3.59. The van der Waals surface area contributed by atoms with Gasteiger partial charge in [0.25, 0.3) is 0 Å². The van der Waals surface area contributed by atoms with Gasteiger partial charge in [0.2, 0.25) is 15.9 Å². The van der Waals surface area contributed by atoms with Crippen LogP contribution >= 0.6 is 0 Å². The van der Waals surface area contributed by atoms with Crippen molar-refractivity contribution in [3.63, 3.8) is 0 Å². The van der Waals surface area contributed by atoms with Crippen LogP contribution in [-0.2, 0) is 14.8 Å². The lowest BCUT2D eigenvalue weighted by Gasteiger charge is -2.34. The molecule has 158 valence electrons. The number of nitrogens with one attached hydrogen (secondary N) is 2. The van der Waals surface area contributed by atoms with Gasteiger partial charge in [0, 0.05) is 29.5 Å². The Morgan fingerprint density at radius 3 is 2.52 bits per heavy atom. The van der Waals surface area contributed by atoms with E-state index in [2.05, 4.69) is 36.0 Å². The third-order valence-electron chi connectivity index (χ3n) is 7.00. The first-order valence-electron chi connectivity index (χ1n) is 10.1. The van der Waals surface area contributed by atoms with Crippen molar-refractivity contribution in [2.75, 3.05) is 6.54 Å². The molecule has 3 rings (SSSR count). The number of benzene rings is 1. The Kier molecular flexibility index (Phi) is 6.01. The second kappa shape index (κ2) is 8.03. The largest absolute Gasteiger partial charge is 0.273 e. The number of aryl methyl sites for hydroxylation is 1. The number of nitrogens with zero attached hydrogens (tertiary/aromatic N) is 1. The molecular weight excluding hydrogens is 386 g/mol. The van der Waals surface area contributed by atoms with Gasteiger partial charge in [0.1, 0.15) is 0 Å². The van der Waals surface area contributed by atoms with Crippen LogP contribution in [0.3, 0.4) is 0 Å². The monoisotopic (exact) mass is 417 g/mol. The molecule has 1 aromatic carbocycles. The first kappa shape index (κ1) is 21.7. The van der Waals surface area contributed by atoms with E-state index in [1.54, 1.807) is 0 Å². The molecule has 6 nitrogen and oxygen atoms in total. The predicted octanol–water partition coefficient (Wildman–Crippen LogP) is 3.59. The van der Waals surface area contributed by atoms with Gasteiger partial charge in [-0.25, -0.2) is 18.6 Å². The van der Waals surface area contributed by atoms with E-state index in [0.717, 1.165) is 35.1 Å². The maximum absolute atomic E-state index is 12.1. The summed E-state index contributed by atoms with van der Waals surface area (Å²) in [4.78, 5) is 12.1. The minimum Gasteiger partial charge on any atom is -0.273 e. The zero-order valence-corrected chi connectivity index (χ0v) is 18.5. The van der Waals surface area contributed by atoms with Gasteiger partial charge in [-0.15, -0.1) is 0 Å². The molecule has 0 aliphatic heterocycles. The number of carbonyl (C=O) groups excluding carboxylic acids is 1. The summed E-state index contributed by atoms with van der Waals surface area (Å²) in [6, 6.07) is 7.55. The van der Waals surface area contributed by atoms with Crippen LogP contribution in [0.4, 0.5) is 0 Å². The second-order valence-corrected chi connectivity index (χ2v) is 10.6. The molecule has 0 unspecified atom stereocenters. The smallest absolute Gasteiger partial charge is 0.241 e. The molecule has 1 aromatic rings. The van der Waals surface area contributed by atoms with E-state index < -0.39 is 10.0 Å². The molecule has 29 heavy (non-hydrogen) atoms. The minimum atomic E-state index is -3.59. The lowest BCUT2D eigenvalue weighted by molar-refractivity contribution is -0.120. The Morgan fingerprint density at radius 2 is 1.93 bits per heavy atom. The molecule has 1 amide bonds. The van der Waals surface area contributed by atoms with Gasteiger partial charge < -0.3 is 0 Å². The Hall–Kier alpha value is -1.99. The standard InChI is InChI=1S/C22H31N3O3S/c1-16-5-7-17(8-6-16)11-14-29(27,28)23-13-10-20(26)25-24-19-15-18-9-12-22(19,4)21(18,2)3/h5-8,11,14,18,23H,9-10,12-13,15H2,1-4H3,(H,25,26)/b14-11+,24-19-/t18-,22+/m1/s1. The minimum absolute atomic E-state index is 0.0304. The molecule has 2 saturated carbocycles. The van der Waals surface area contributed by atoms with Crippen LogP contribution in [0.1, 0.15) is 57.6 Å². The SMILES string of the molecule is Cc1ccc(/C=C/S(=O)(=O)NCCC(=O)N/N=C2/C[C@H]3CC[C@]2(C)C3(C)C)cc1. The number of amides is 1. The maximum atomic E-state index is 12.1. The fourth-order valence-electron chi connectivity index (χ4n) is 4.48. The molecule has 2 N–H and O–H groups in total. The Balaban J connectivity index is 1.47. The predicted molar refractivity (Wildman–Crippen MR) is 117 cm³/mol. The van der Waals surface area contributed by atoms with E-state index in [1.807, 2.05) is 31.2 Å². The third-order valence-corrected chi connectivity index (χ3v) is 8.10. The van der Waals surface area contributed by atoms with Crippen molar-refractivity contribution in [3.8, 4) is 0 Å². The lowest BCUT2D eigenvalue weighted by Crippen LogP contribution is -2.34. The number of sulfonamides is 1. The highest BCUT2D eigenvalue weighted by Gasteiger charge is 2.59. The van der Waals surface area contributed by atoms with Crippen molar-refractivity contribution < 1.29 is 13.2 Å². The van der Waals surface area contributed by atoms with E-state index >= 15 is 0 Å². The van der Waals surface area contributed by atoms with Gasteiger partial charge in [0.05, 0.1) is 0 Å². The van der Waals surface area contributed by atoms with Crippen molar-refractivity contribution in [2.24, 2.45) is 21.8 Å². The molecule has 0 radical (unpaired) electrons. The molecule has 2 bridgehead atoms. The summed E-state index contributed by atoms with van der Waals surface area (Å²) in [6.07, 6.45) is 4.82. The molecule has 0 spiro atoms. The third kappa shape index (κ3) is 4.61. The van der Waals surface area contributed by atoms with Gasteiger partial charge in [-0.2, -0.15) is 5.10 Å². The lowest BCUT2D eigenvalue weighted by atomic mass is 9.70. The van der Waals surface area contributed by atoms with Gasteiger partial charge in [-0.1, -0.05) is 50.6 Å².